The van der Waals surface area contributed by atoms with E-state index in [9.17, 15) is 13.8 Å². The quantitative estimate of drug-likeness (QED) is 0.530. The molecule has 1 aromatic heterocycles. The van der Waals surface area contributed by atoms with E-state index in [0.29, 0.717) is 5.75 Å². The van der Waals surface area contributed by atoms with E-state index in [1.165, 1.54) is 36.6 Å². The summed E-state index contributed by atoms with van der Waals surface area (Å²) in [7, 11) is -3.79. The number of carbonyl (C=O) groups is 1. The third-order valence-corrected chi connectivity index (χ3v) is 5.67. The first kappa shape index (κ1) is 19.6. The van der Waals surface area contributed by atoms with Gasteiger partial charge in [0.1, 0.15) is 11.6 Å². The van der Waals surface area contributed by atoms with Gasteiger partial charge in [-0.25, -0.2) is 9.18 Å². The molecule has 0 N–H and O–H groups in total. The first-order valence-corrected chi connectivity index (χ1v) is 9.89. The topological polar surface area (TPSA) is 84.2 Å². The lowest BCUT2D eigenvalue weighted by atomic mass is 9.97. The van der Waals surface area contributed by atoms with E-state index < -0.39 is 31.8 Å². The van der Waals surface area contributed by atoms with Gasteiger partial charge in [0.25, 0.3) is 5.85 Å². The van der Waals surface area contributed by atoms with Crippen molar-refractivity contribution in [1.82, 2.24) is 0 Å². The Morgan fingerprint density at radius 3 is 2.48 bits per heavy atom. The lowest BCUT2D eigenvalue weighted by Crippen LogP contribution is -2.31. The smallest absolute Gasteiger partial charge is 0.378 e. The highest BCUT2D eigenvalue weighted by Gasteiger charge is 2.47. The average Bonchev–Trinajstić information content (AvgIpc) is 3.16. The van der Waals surface area contributed by atoms with Gasteiger partial charge in [0.15, 0.2) is 12.4 Å². The van der Waals surface area contributed by atoms with Gasteiger partial charge in [-0.3, -0.25) is 4.57 Å². The second kappa shape index (κ2) is 7.84. The molecule has 0 radical (unpaired) electrons. The van der Waals surface area contributed by atoms with Crippen LogP contribution in [0.3, 0.4) is 0 Å². The molecular weight excluding hydrogens is 378 g/mol. The van der Waals surface area contributed by atoms with Crippen LogP contribution in [0.5, 0.6) is 5.75 Å². The first-order valence-electron chi connectivity index (χ1n) is 8.27. The highest BCUT2D eigenvalue weighted by atomic mass is 31.2. The average molecular weight is 398 g/mol. The maximum absolute atomic E-state index is 13.1. The van der Waals surface area contributed by atoms with Gasteiger partial charge in [0.05, 0.1) is 19.5 Å². The minimum Gasteiger partial charge on any atom is -0.482 e. The molecular formula is C18H20FO7P. The van der Waals surface area contributed by atoms with Crippen molar-refractivity contribution in [3.8, 4) is 5.75 Å². The molecule has 2 heterocycles. The Kier molecular flexibility index (Phi) is 5.69. The summed E-state index contributed by atoms with van der Waals surface area (Å²) in [5.41, 5.74) is -0.308. The fraction of sp³-hybridized carbons (Fsp3) is 0.389. The number of carbonyl (C=O) groups excluding carboxylic acids is 1. The molecule has 1 aliphatic rings. The van der Waals surface area contributed by atoms with Crippen molar-refractivity contribution in [2.24, 2.45) is 5.41 Å². The fourth-order valence-electron chi connectivity index (χ4n) is 2.29. The molecule has 3 rings (SSSR count). The van der Waals surface area contributed by atoms with Crippen LogP contribution < -0.4 is 4.74 Å². The summed E-state index contributed by atoms with van der Waals surface area (Å²) in [6, 6.07) is 8.26. The van der Waals surface area contributed by atoms with Crippen LogP contribution >= 0.6 is 7.60 Å². The molecule has 0 amide bonds. The fourth-order valence-corrected chi connectivity index (χ4v) is 4.40. The number of furan rings is 1. The SMILES string of the molecule is CC1(C)COP(=O)(C(OC(=O)COc2ccc(F)cc2)c2ccco2)OC1. The van der Waals surface area contributed by atoms with E-state index in [-0.39, 0.29) is 24.4 Å². The molecule has 1 fully saturated rings. The van der Waals surface area contributed by atoms with Crippen LogP contribution in [0.2, 0.25) is 0 Å². The van der Waals surface area contributed by atoms with Crippen LogP contribution in [0.25, 0.3) is 0 Å². The summed E-state index contributed by atoms with van der Waals surface area (Å²) in [5.74, 6) is -2.12. The number of hydrogen-bond acceptors (Lipinski definition) is 7. The van der Waals surface area contributed by atoms with E-state index in [4.69, 9.17) is 22.9 Å². The van der Waals surface area contributed by atoms with Gasteiger partial charge in [0, 0.05) is 5.41 Å². The molecule has 0 bridgehead atoms. The second-order valence-corrected chi connectivity index (χ2v) is 8.92. The van der Waals surface area contributed by atoms with E-state index in [0.717, 1.165) is 0 Å². The lowest BCUT2D eigenvalue weighted by molar-refractivity contribution is -0.150. The third kappa shape index (κ3) is 4.97. The summed E-state index contributed by atoms with van der Waals surface area (Å²) in [6.07, 6.45) is 1.37. The van der Waals surface area contributed by atoms with Gasteiger partial charge < -0.3 is 22.9 Å². The van der Waals surface area contributed by atoms with Gasteiger partial charge in [-0.05, 0) is 36.4 Å². The van der Waals surface area contributed by atoms with Crippen LogP contribution in [-0.2, 0) is 23.1 Å². The van der Waals surface area contributed by atoms with E-state index >= 15 is 0 Å². The maximum atomic E-state index is 13.1. The molecule has 9 heteroatoms. The zero-order valence-electron chi connectivity index (χ0n) is 14.9. The summed E-state index contributed by atoms with van der Waals surface area (Å²) in [4.78, 5) is 12.2. The molecule has 0 aliphatic carbocycles. The molecule has 1 aromatic carbocycles. The Morgan fingerprint density at radius 1 is 1.22 bits per heavy atom. The molecule has 2 aromatic rings. The predicted octanol–water partition coefficient (Wildman–Crippen LogP) is 4.31. The molecule has 0 saturated carbocycles. The van der Waals surface area contributed by atoms with Crippen LogP contribution in [0.1, 0.15) is 25.5 Å². The Balaban J connectivity index is 1.68. The van der Waals surface area contributed by atoms with Gasteiger partial charge >= 0.3 is 13.6 Å². The predicted molar refractivity (Wildman–Crippen MR) is 92.7 cm³/mol. The summed E-state index contributed by atoms with van der Waals surface area (Å²) < 4.78 is 52.7. The molecule has 27 heavy (non-hydrogen) atoms. The molecule has 1 aliphatic heterocycles. The maximum Gasteiger partial charge on any atom is 0.378 e. The van der Waals surface area contributed by atoms with E-state index in [1.807, 2.05) is 13.8 Å². The summed E-state index contributed by atoms with van der Waals surface area (Å²) >= 11 is 0. The summed E-state index contributed by atoms with van der Waals surface area (Å²) in [5, 5.41) is 0. The number of benzene rings is 1. The zero-order valence-corrected chi connectivity index (χ0v) is 15.8. The zero-order chi connectivity index (χ0) is 19.5. The van der Waals surface area contributed by atoms with Gasteiger partial charge in [0.2, 0.25) is 0 Å². The lowest BCUT2D eigenvalue weighted by Gasteiger charge is -2.36. The minimum atomic E-state index is -3.79. The van der Waals surface area contributed by atoms with E-state index in [2.05, 4.69) is 0 Å². The van der Waals surface area contributed by atoms with E-state index in [1.54, 1.807) is 6.07 Å². The standard InChI is InChI=1S/C18H20FO7P/c1-18(2)11-24-27(21,25-12-18)17(15-4-3-9-22-15)26-16(20)10-23-14-7-5-13(19)6-8-14/h3-9,17H,10-12H2,1-2H3. The summed E-state index contributed by atoms with van der Waals surface area (Å²) in [6.45, 7) is 3.71. The molecule has 1 unspecified atom stereocenters. The Labute approximate surface area is 155 Å². The first-order chi connectivity index (χ1) is 12.8. The van der Waals surface area contributed by atoms with Crippen molar-refractivity contribution in [1.29, 1.82) is 0 Å². The van der Waals surface area contributed by atoms with Crippen molar-refractivity contribution in [3.05, 3.63) is 54.2 Å². The minimum absolute atomic E-state index is 0.146. The molecule has 7 nitrogen and oxygen atoms in total. The monoisotopic (exact) mass is 398 g/mol. The molecule has 146 valence electrons. The van der Waals surface area contributed by atoms with Crippen molar-refractivity contribution in [2.75, 3.05) is 19.8 Å². The van der Waals surface area contributed by atoms with Gasteiger partial charge in [-0.2, -0.15) is 0 Å². The van der Waals surface area contributed by atoms with Crippen molar-refractivity contribution < 1.29 is 36.7 Å². The van der Waals surface area contributed by atoms with Crippen LogP contribution in [-0.4, -0.2) is 25.8 Å². The largest absolute Gasteiger partial charge is 0.482 e. The van der Waals surface area contributed by atoms with Gasteiger partial charge in [-0.1, -0.05) is 13.8 Å². The number of hydrogen-bond donors (Lipinski definition) is 0. The highest BCUT2D eigenvalue weighted by molar-refractivity contribution is 7.54. The number of ether oxygens (including phenoxy) is 2. The molecule has 0 spiro atoms. The molecule has 1 atom stereocenters. The normalized spacial score (nSPS) is 19.2. The Bertz CT molecular complexity index is 803. The van der Waals surface area contributed by atoms with Crippen molar-refractivity contribution >= 4 is 13.6 Å². The highest BCUT2D eigenvalue weighted by Crippen LogP contribution is 2.64. The van der Waals surface area contributed by atoms with Crippen LogP contribution in [0, 0.1) is 11.2 Å². The molecule has 1 saturated heterocycles. The number of esters is 1. The van der Waals surface area contributed by atoms with Crippen molar-refractivity contribution in [3.63, 3.8) is 0 Å². The third-order valence-electron chi connectivity index (χ3n) is 3.76. The van der Waals surface area contributed by atoms with Crippen LogP contribution in [0.15, 0.2) is 47.1 Å². The Hall–Kier alpha value is -2.15. The second-order valence-electron chi connectivity index (χ2n) is 6.85. The van der Waals surface area contributed by atoms with Crippen LogP contribution in [0.4, 0.5) is 4.39 Å². The number of rotatable bonds is 6. The number of halogens is 1. The Morgan fingerprint density at radius 2 is 1.89 bits per heavy atom. The van der Waals surface area contributed by atoms with Crippen molar-refractivity contribution in [2.45, 2.75) is 19.7 Å². The van der Waals surface area contributed by atoms with Gasteiger partial charge in [-0.15, -0.1) is 0 Å².